The summed E-state index contributed by atoms with van der Waals surface area (Å²) in [6.07, 6.45) is 0. The number of thiazole rings is 1. The predicted octanol–water partition coefficient (Wildman–Crippen LogP) is 5.24. The van der Waals surface area contributed by atoms with E-state index in [0.29, 0.717) is 0 Å². The predicted molar refractivity (Wildman–Crippen MR) is 91.1 cm³/mol. The molecule has 2 heterocycles. The Morgan fingerprint density at radius 2 is 1.82 bits per heavy atom. The molecule has 0 atom stereocenters. The van der Waals surface area contributed by atoms with E-state index < -0.39 is 0 Å². The molecule has 0 amide bonds. The monoisotopic (exact) mass is 324 g/mol. The van der Waals surface area contributed by atoms with Crippen LogP contribution >= 0.6 is 23.1 Å². The summed E-state index contributed by atoms with van der Waals surface area (Å²) >= 11 is 3.41. The minimum atomic E-state index is 0.760. The molecule has 0 unspecified atom stereocenters. The number of benzene rings is 2. The molecule has 5 heteroatoms. The molecule has 0 fully saturated rings. The fourth-order valence-corrected chi connectivity index (χ4v) is 4.12. The molecule has 0 aliphatic rings. The molecule has 0 aliphatic heterocycles. The second-order valence-electron chi connectivity index (χ2n) is 4.78. The maximum absolute atomic E-state index is 5.42. The molecule has 0 saturated carbocycles. The second-order valence-corrected chi connectivity index (χ2v) is 7.04. The molecule has 0 radical (unpaired) electrons. The van der Waals surface area contributed by atoms with Gasteiger partial charge in [-0.25, -0.2) is 4.98 Å². The molecule has 0 spiro atoms. The van der Waals surface area contributed by atoms with Crippen molar-refractivity contribution < 1.29 is 4.52 Å². The minimum absolute atomic E-state index is 0.760. The van der Waals surface area contributed by atoms with E-state index >= 15 is 0 Å². The quantitative estimate of drug-likeness (QED) is 0.481. The van der Waals surface area contributed by atoms with Crippen LogP contribution < -0.4 is 0 Å². The van der Waals surface area contributed by atoms with Gasteiger partial charge in [0.15, 0.2) is 10.1 Å². The maximum Gasteiger partial charge on any atom is 0.167 e. The number of aromatic nitrogens is 2. The van der Waals surface area contributed by atoms with Gasteiger partial charge in [0.1, 0.15) is 0 Å². The summed E-state index contributed by atoms with van der Waals surface area (Å²) in [5.74, 6) is 1.57. The lowest BCUT2D eigenvalue weighted by atomic mass is 10.2. The van der Waals surface area contributed by atoms with E-state index in [1.165, 1.54) is 4.70 Å². The lowest BCUT2D eigenvalue weighted by Gasteiger charge is -1.92. The molecule has 22 heavy (non-hydrogen) atoms. The first-order valence-corrected chi connectivity index (χ1v) is 8.68. The summed E-state index contributed by atoms with van der Waals surface area (Å²) in [6.45, 7) is 0. The van der Waals surface area contributed by atoms with Gasteiger partial charge in [0.25, 0.3) is 0 Å². The fourth-order valence-electron chi connectivity index (χ4n) is 2.17. The van der Waals surface area contributed by atoms with E-state index in [9.17, 15) is 0 Å². The smallest absolute Gasteiger partial charge is 0.167 e. The minimum Gasteiger partial charge on any atom is -0.356 e. The van der Waals surface area contributed by atoms with Gasteiger partial charge in [0, 0.05) is 17.4 Å². The summed E-state index contributed by atoms with van der Waals surface area (Å²) in [4.78, 5) is 4.62. The van der Waals surface area contributed by atoms with E-state index in [0.717, 1.165) is 32.6 Å². The first-order chi connectivity index (χ1) is 10.9. The summed E-state index contributed by atoms with van der Waals surface area (Å²) < 4.78 is 7.70. The largest absolute Gasteiger partial charge is 0.356 e. The number of fused-ring (bicyclic) bond motifs is 1. The van der Waals surface area contributed by atoms with Crippen LogP contribution in [0, 0.1) is 0 Å². The highest BCUT2D eigenvalue weighted by Gasteiger charge is 2.09. The molecule has 3 nitrogen and oxygen atoms in total. The second kappa shape index (κ2) is 5.94. The highest BCUT2D eigenvalue weighted by atomic mass is 32.2. The van der Waals surface area contributed by atoms with Crippen LogP contribution in [0.25, 0.3) is 21.5 Å². The Morgan fingerprint density at radius 1 is 1.00 bits per heavy atom. The molecule has 0 N–H and O–H groups in total. The average molecular weight is 324 g/mol. The Labute approximate surface area is 136 Å². The highest BCUT2D eigenvalue weighted by Crippen LogP contribution is 2.31. The van der Waals surface area contributed by atoms with Crippen LogP contribution in [0.3, 0.4) is 0 Å². The lowest BCUT2D eigenvalue weighted by molar-refractivity contribution is 0.426. The first-order valence-electron chi connectivity index (χ1n) is 6.88. The third-order valence-corrected chi connectivity index (χ3v) is 5.45. The van der Waals surface area contributed by atoms with Gasteiger partial charge in [-0.1, -0.05) is 59.4 Å². The van der Waals surface area contributed by atoms with Crippen molar-refractivity contribution in [3.05, 3.63) is 66.4 Å². The number of nitrogens with zero attached hydrogens (tertiary/aromatic N) is 2. The van der Waals surface area contributed by atoms with Gasteiger partial charge in [-0.05, 0) is 12.1 Å². The molecule has 4 rings (SSSR count). The number of thioether (sulfide) groups is 1. The number of para-hydroxylation sites is 1. The van der Waals surface area contributed by atoms with Crippen molar-refractivity contribution in [3.63, 3.8) is 0 Å². The fraction of sp³-hybridized carbons (Fsp3) is 0.0588. The Bertz CT molecular complexity index is 866. The number of rotatable bonds is 4. The zero-order chi connectivity index (χ0) is 14.8. The van der Waals surface area contributed by atoms with Crippen molar-refractivity contribution in [1.82, 2.24) is 10.1 Å². The third-order valence-electron chi connectivity index (χ3n) is 3.24. The summed E-state index contributed by atoms with van der Waals surface area (Å²) in [7, 11) is 0. The van der Waals surface area contributed by atoms with Gasteiger partial charge in [-0.2, -0.15) is 0 Å². The van der Waals surface area contributed by atoms with Crippen molar-refractivity contribution in [3.8, 4) is 11.3 Å². The summed E-state index contributed by atoms with van der Waals surface area (Å²) in [5, 5.41) is 4.14. The molecule has 0 saturated heterocycles. The molecule has 4 aromatic rings. The van der Waals surface area contributed by atoms with E-state index in [1.807, 2.05) is 54.6 Å². The number of hydrogen-bond acceptors (Lipinski definition) is 5. The molecule has 0 bridgehead atoms. The van der Waals surface area contributed by atoms with Crippen molar-refractivity contribution in [2.45, 2.75) is 10.1 Å². The van der Waals surface area contributed by atoms with E-state index in [-0.39, 0.29) is 0 Å². The number of hydrogen-bond donors (Lipinski definition) is 0. The molecular formula is C17H12N2OS2. The topological polar surface area (TPSA) is 38.9 Å². The van der Waals surface area contributed by atoms with Crippen LogP contribution in [0.1, 0.15) is 5.69 Å². The zero-order valence-electron chi connectivity index (χ0n) is 11.6. The first kappa shape index (κ1) is 13.5. The summed E-state index contributed by atoms with van der Waals surface area (Å²) in [5.41, 5.74) is 3.04. The Morgan fingerprint density at radius 3 is 2.68 bits per heavy atom. The zero-order valence-corrected chi connectivity index (χ0v) is 13.2. The van der Waals surface area contributed by atoms with Crippen molar-refractivity contribution in [1.29, 1.82) is 0 Å². The van der Waals surface area contributed by atoms with Crippen molar-refractivity contribution >= 4 is 33.3 Å². The van der Waals surface area contributed by atoms with Crippen LogP contribution in [0.15, 0.2) is 69.5 Å². The van der Waals surface area contributed by atoms with Gasteiger partial charge >= 0.3 is 0 Å². The molecule has 2 aromatic carbocycles. The molecule has 0 aliphatic carbocycles. The molecule has 2 aromatic heterocycles. The molecular weight excluding hydrogens is 312 g/mol. The van der Waals surface area contributed by atoms with Crippen molar-refractivity contribution in [2.75, 3.05) is 0 Å². The van der Waals surface area contributed by atoms with E-state index in [1.54, 1.807) is 23.1 Å². The van der Waals surface area contributed by atoms with Crippen molar-refractivity contribution in [2.24, 2.45) is 0 Å². The lowest BCUT2D eigenvalue weighted by Crippen LogP contribution is -1.78. The van der Waals surface area contributed by atoms with Gasteiger partial charge in [-0.15, -0.1) is 11.3 Å². The standard InChI is InChI=1S/C17H12N2OS2/c1-2-6-12(7-3-1)15-10-13(19-20-15)11-21-17-18-14-8-4-5-9-16(14)22-17/h1-10H,11H2. The molecule has 108 valence electrons. The van der Waals surface area contributed by atoms with Crippen LogP contribution in [-0.4, -0.2) is 10.1 Å². The third kappa shape index (κ3) is 2.77. The Balaban J connectivity index is 1.49. The Kier molecular flexibility index (Phi) is 3.66. The Hall–Kier alpha value is -2.11. The van der Waals surface area contributed by atoms with Gasteiger partial charge in [0.2, 0.25) is 0 Å². The van der Waals surface area contributed by atoms with Gasteiger partial charge in [-0.3, -0.25) is 0 Å². The van der Waals surface area contributed by atoms with Crippen LogP contribution in [0.5, 0.6) is 0 Å². The highest BCUT2D eigenvalue weighted by molar-refractivity contribution is 8.00. The normalized spacial score (nSPS) is 11.1. The average Bonchev–Trinajstić information content (AvgIpc) is 3.20. The summed E-state index contributed by atoms with van der Waals surface area (Å²) in [6, 6.07) is 20.2. The van der Waals surface area contributed by atoms with Crippen LogP contribution in [0.4, 0.5) is 0 Å². The maximum atomic E-state index is 5.42. The van der Waals surface area contributed by atoms with E-state index in [2.05, 4.69) is 16.2 Å². The van der Waals surface area contributed by atoms with E-state index in [4.69, 9.17) is 4.52 Å². The van der Waals surface area contributed by atoms with Gasteiger partial charge in [0.05, 0.1) is 15.9 Å². The SMILES string of the molecule is c1ccc(-c2cc(CSc3nc4ccccc4s3)no2)cc1. The van der Waals surface area contributed by atoms with Crippen LogP contribution in [0.2, 0.25) is 0 Å². The van der Waals surface area contributed by atoms with Crippen LogP contribution in [-0.2, 0) is 5.75 Å². The van der Waals surface area contributed by atoms with Gasteiger partial charge < -0.3 is 4.52 Å².